The van der Waals surface area contributed by atoms with Gasteiger partial charge in [-0.2, -0.15) is 0 Å². The van der Waals surface area contributed by atoms with Crippen molar-refractivity contribution in [2.45, 2.75) is 43.8 Å². The summed E-state index contributed by atoms with van der Waals surface area (Å²) in [5, 5.41) is 11.0. The van der Waals surface area contributed by atoms with E-state index in [1.165, 1.54) is 25.5 Å². The molecule has 2 bridgehead atoms. The molecule has 9 atom stereocenters. The molecule has 2 saturated heterocycles. The molecule has 4 heterocycles. The fourth-order valence-electron chi connectivity index (χ4n) is 5.10. The zero-order valence-electron chi connectivity index (χ0n) is 22.8. The summed E-state index contributed by atoms with van der Waals surface area (Å²) in [6.07, 6.45) is 1.36. The average molecular weight is 676 g/mol. The average Bonchev–Trinajstić information content (AvgIpc) is 3.48. The van der Waals surface area contributed by atoms with Gasteiger partial charge in [-0.1, -0.05) is 18.8 Å². The van der Waals surface area contributed by atoms with Crippen LogP contribution in [0, 0.1) is 11.8 Å². The first kappa shape index (κ1) is 32.3. The molecule has 43 heavy (non-hydrogen) atoms. The van der Waals surface area contributed by atoms with Crippen molar-refractivity contribution in [1.29, 1.82) is 0 Å². The molecule has 1 saturated carbocycles. The molecular formula is C23H31N7O9P2S2. The number of imidazole rings is 1. The zero-order chi connectivity index (χ0) is 31.1. The summed E-state index contributed by atoms with van der Waals surface area (Å²) in [6, 6.07) is -0.197. The van der Waals surface area contributed by atoms with Crippen molar-refractivity contribution in [3.05, 3.63) is 37.1 Å². The molecule has 20 heteroatoms. The number of ether oxygens (including phenoxy) is 1. The zero-order valence-corrected chi connectivity index (χ0v) is 26.3. The van der Waals surface area contributed by atoms with Gasteiger partial charge in [0.1, 0.15) is 42.0 Å². The number of nitrogens with two attached hydrogens (primary N) is 2. The van der Waals surface area contributed by atoms with Gasteiger partial charge < -0.3 is 44.3 Å². The second kappa shape index (κ2) is 12.7. The molecular weight excluding hydrogens is 644 g/mol. The summed E-state index contributed by atoms with van der Waals surface area (Å²) in [4.78, 5) is 38.5. The standard InChI is InChI=1S/C23H31N7O9P2S2/c1-11(3-4-26-12(2)22(25)32)19-20-18(31)16(38-19)8-37-40(33,42)36-7-14-13(6-35-41(34,43)39-20)5-15(14)30-10-29-17-21(24)27-9-28-23(17)30/h3-4,9-10,13-16,18-20,31H,1,5-8H2,2H3,(H2,25,32)(H,33,42)(H,34,43)(H2,24,27,28)/b4-3-,26-12?/t13-,14-,15-,16-,18-,19+,20-,40?,41?/m1/s1. The van der Waals surface area contributed by atoms with Gasteiger partial charge in [0.05, 0.1) is 26.1 Å². The number of carbonyl (C=O) groups is 1. The molecule has 0 aromatic carbocycles. The Balaban J connectivity index is 1.37. The molecule has 2 aliphatic heterocycles. The van der Waals surface area contributed by atoms with Crippen LogP contribution in [0.2, 0.25) is 0 Å². The lowest BCUT2D eigenvalue weighted by Crippen LogP contribution is -2.43. The summed E-state index contributed by atoms with van der Waals surface area (Å²) in [6.45, 7) is -2.96. The number of nitrogens with zero attached hydrogens (tertiary/aromatic N) is 5. The lowest BCUT2D eigenvalue weighted by molar-refractivity contribution is -0.112. The van der Waals surface area contributed by atoms with Crippen LogP contribution in [0.1, 0.15) is 19.4 Å². The van der Waals surface area contributed by atoms with Gasteiger partial charge in [0.25, 0.3) is 5.91 Å². The smallest absolute Gasteiger partial charge is 0.386 e. The maximum Gasteiger partial charge on any atom is 0.386 e. The second-order valence-electron chi connectivity index (χ2n) is 10.3. The molecule has 3 aliphatic rings. The highest BCUT2D eigenvalue weighted by atomic mass is 32.7. The summed E-state index contributed by atoms with van der Waals surface area (Å²) in [7, 11) is 0. The Morgan fingerprint density at radius 1 is 1.28 bits per heavy atom. The van der Waals surface area contributed by atoms with Gasteiger partial charge in [-0.05, 0) is 42.7 Å². The number of rotatable bonds is 5. The maximum atomic E-state index is 13.4. The quantitative estimate of drug-likeness (QED) is 0.131. The van der Waals surface area contributed by atoms with Crippen molar-refractivity contribution in [2.24, 2.45) is 22.6 Å². The van der Waals surface area contributed by atoms with E-state index in [2.05, 4.69) is 38.8 Å². The fourth-order valence-corrected chi connectivity index (χ4v) is 7.75. The molecule has 5 rings (SSSR count). The highest BCUT2D eigenvalue weighted by molar-refractivity contribution is 8.44. The number of hydrogen-bond acceptors (Lipinski definition) is 14. The van der Waals surface area contributed by atoms with Gasteiger partial charge in [0.2, 0.25) is 0 Å². The Morgan fingerprint density at radius 2 is 2.02 bits per heavy atom. The molecule has 234 valence electrons. The Kier molecular flexibility index (Phi) is 9.57. The Bertz CT molecular complexity index is 1570. The van der Waals surface area contributed by atoms with E-state index in [4.69, 9.17) is 46.1 Å². The summed E-state index contributed by atoms with van der Waals surface area (Å²) in [5.74, 6) is -0.975. The van der Waals surface area contributed by atoms with E-state index < -0.39 is 43.8 Å². The lowest BCUT2D eigenvalue weighted by Gasteiger charge is -2.45. The molecule has 0 radical (unpaired) electrons. The molecule has 6 N–H and O–H groups in total. The van der Waals surface area contributed by atoms with E-state index in [9.17, 15) is 19.4 Å². The van der Waals surface area contributed by atoms with Crippen LogP contribution in [-0.2, 0) is 44.0 Å². The molecule has 1 amide bonds. The number of aliphatic hydroxyl groups excluding tert-OH is 1. The number of carbonyl (C=O) groups excluding carboxylic acids is 1. The van der Waals surface area contributed by atoms with Gasteiger partial charge in [0, 0.05) is 18.2 Å². The van der Waals surface area contributed by atoms with E-state index in [0.29, 0.717) is 17.6 Å². The van der Waals surface area contributed by atoms with Crippen LogP contribution in [-0.4, -0.2) is 85.4 Å². The van der Waals surface area contributed by atoms with Gasteiger partial charge >= 0.3 is 13.5 Å². The minimum absolute atomic E-state index is 0.0311. The number of anilines is 1. The number of aromatic nitrogens is 4. The number of fused-ring (bicyclic) bond motifs is 4. The third-order valence-electron chi connectivity index (χ3n) is 7.54. The minimum Gasteiger partial charge on any atom is -0.387 e. The normalized spacial score (nSPS) is 37.5. The second-order valence-corrected chi connectivity index (χ2v) is 16.0. The van der Waals surface area contributed by atoms with Crippen molar-refractivity contribution >= 4 is 66.2 Å². The largest absolute Gasteiger partial charge is 0.387 e. The summed E-state index contributed by atoms with van der Waals surface area (Å²) >= 11 is 9.39. The van der Waals surface area contributed by atoms with Crippen LogP contribution < -0.4 is 11.5 Å². The van der Waals surface area contributed by atoms with Gasteiger partial charge in [-0.15, -0.1) is 0 Å². The van der Waals surface area contributed by atoms with Crippen LogP contribution in [0.3, 0.4) is 0 Å². The summed E-state index contributed by atoms with van der Waals surface area (Å²) in [5.41, 5.74) is 12.4. The molecule has 2 aromatic rings. The third-order valence-corrected chi connectivity index (χ3v) is 10.7. The number of primary amides is 1. The van der Waals surface area contributed by atoms with E-state index in [-0.39, 0.29) is 54.8 Å². The number of amides is 1. The monoisotopic (exact) mass is 675 g/mol. The van der Waals surface area contributed by atoms with E-state index in [1.54, 1.807) is 6.33 Å². The Hall–Kier alpha value is -2.08. The highest BCUT2D eigenvalue weighted by Gasteiger charge is 2.50. The number of thiol groups is 1. The van der Waals surface area contributed by atoms with Gasteiger partial charge in [0.15, 0.2) is 11.5 Å². The molecule has 2 aromatic heterocycles. The summed E-state index contributed by atoms with van der Waals surface area (Å²) < 4.78 is 43.8. The highest BCUT2D eigenvalue weighted by Crippen LogP contribution is 2.58. The molecule has 16 nitrogen and oxygen atoms in total. The van der Waals surface area contributed by atoms with E-state index in [1.807, 2.05) is 4.57 Å². The third kappa shape index (κ3) is 7.10. The Morgan fingerprint density at radius 3 is 2.77 bits per heavy atom. The van der Waals surface area contributed by atoms with Crippen molar-refractivity contribution in [3.63, 3.8) is 0 Å². The minimum atomic E-state index is -4.06. The van der Waals surface area contributed by atoms with Crippen LogP contribution in [0.15, 0.2) is 42.1 Å². The van der Waals surface area contributed by atoms with Crippen molar-refractivity contribution < 1.29 is 42.2 Å². The first-order valence-corrected chi connectivity index (χ1v) is 18.3. The molecule has 3 fully saturated rings. The van der Waals surface area contributed by atoms with Crippen molar-refractivity contribution in [1.82, 2.24) is 19.5 Å². The maximum absolute atomic E-state index is 13.4. The number of hydrogen-bond donors (Lipinski definition) is 5. The van der Waals surface area contributed by atoms with Crippen LogP contribution in [0.4, 0.5) is 5.82 Å². The SMILES string of the molecule is C=C(/C=C\N=C(C)C(N)=O)[C@@H]1O[C@@H]2COP(O)(=S)OC[C@@H]3[C@@H](COP(=O)(S)O[C@@H]1[C@@H]2O)C[C@H]3n1cnc2c(N)ncnc21. The predicted molar refractivity (Wildman–Crippen MR) is 161 cm³/mol. The number of nitrogen functional groups attached to an aromatic ring is 1. The predicted octanol–water partition coefficient (Wildman–Crippen LogP) is 1.43. The molecule has 1 aliphatic carbocycles. The lowest BCUT2D eigenvalue weighted by atomic mass is 9.70. The van der Waals surface area contributed by atoms with Crippen LogP contribution in [0.5, 0.6) is 0 Å². The molecule has 2 unspecified atom stereocenters. The molecule has 0 spiro atoms. The fraction of sp³-hybridized carbons (Fsp3) is 0.522. The number of aliphatic hydroxyl groups is 1. The number of aliphatic imine (C=N–C) groups is 1. The van der Waals surface area contributed by atoms with Gasteiger partial charge in [-0.3, -0.25) is 14.3 Å². The van der Waals surface area contributed by atoms with Gasteiger partial charge in [-0.25, -0.2) is 19.5 Å². The topological polar surface area (TPSA) is 229 Å². The van der Waals surface area contributed by atoms with Crippen LogP contribution in [0.25, 0.3) is 11.2 Å². The van der Waals surface area contributed by atoms with E-state index >= 15 is 0 Å². The first-order valence-electron chi connectivity index (χ1n) is 13.0. The Labute approximate surface area is 256 Å². The van der Waals surface area contributed by atoms with Crippen molar-refractivity contribution in [3.8, 4) is 0 Å². The first-order chi connectivity index (χ1) is 20.3. The van der Waals surface area contributed by atoms with Crippen molar-refractivity contribution in [2.75, 3.05) is 25.6 Å². The van der Waals surface area contributed by atoms with Crippen LogP contribution >= 0.6 is 25.8 Å². The van der Waals surface area contributed by atoms with E-state index in [0.717, 1.165) is 0 Å².